The van der Waals surface area contributed by atoms with Gasteiger partial charge in [-0.3, -0.25) is 19.8 Å². The maximum Gasteiger partial charge on any atom is 0.272 e. The fraction of sp³-hybridized carbons (Fsp3) is 0.238. The second-order valence-electron chi connectivity index (χ2n) is 6.34. The highest BCUT2D eigenvalue weighted by atomic mass is 32.2. The molecule has 0 unspecified atom stereocenters. The van der Waals surface area contributed by atoms with Crippen LogP contribution < -0.4 is 0 Å². The highest BCUT2D eigenvalue weighted by molar-refractivity contribution is 8.18. The van der Waals surface area contributed by atoms with Crippen LogP contribution >= 0.6 is 11.8 Å². The SMILES string of the molecule is CCc1ccccc1N=C1S/C(=C/c2ccc(C)c([N+](=O)[O-])c2)C(=O)N1CC. The van der Waals surface area contributed by atoms with Gasteiger partial charge in [-0.05, 0) is 55.3 Å². The van der Waals surface area contributed by atoms with Crippen LogP contribution in [0.4, 0.5) is 11.4 Å². The first kappa shape index (κ1) is 19.8. The number of nitro benzene ring substituents is 1. The van der Waals surface area contributed by atoms with E-state index in [0.717, 1.165) is 17.7 Å². The van der Waals surface area contributed by atoms with Gasteiger partial charge in [0.2, 0.25) is 0 Å². The van der Waals surface area contributed by atoms with Crippen LogP contribution in [0, 0.1) is 17.0 Å². The van der Waals surface area contributed by atoms with Crippen molar-refractivity contribution in [3.8, 4) is 0 Å². The van der Waals surface area contributed by atoms with Crippen LogP contribution in [0.25, 0.3) is 6.08 Å². The molecule has 0 spiro atoms. The van der Waals surface area contributed by atoms with Crippen LogP contribution in [0.15, 0.2) is 52.4 Å². The van der Waals surface area contributed by atoms with E-state index in [1.165, 1.54) is 17.8 Å². The van der Waals surface area contributed by atoms with Crippen LogP contribution in [0.5, 0.6) is 0 Å². The third-order valence-corrected chi connectivity index (χ3v) is 5.53. The first-order chi connectivity index (χ1) is 13.4. The monoisotopic (exact) mass is 395 g/mol. The molecule has 28 heavy (non-hydrogen) atoms. The lowest BCUT2D eigenvalue weighted by Gasteiger charge is -2.12. The number of likely N-dealkylation sites (N-methyl/N-ethyl adjacent to an activating group) is 1. The summed E-state index contributed by atoms with van der Waals surface area (Å²) in [7, 11) is 0. The largest absolute Gasteiger partial charge is 0.287 e. The minimum Gasteiger partial charge on any atom is -0.287 e. The van der Waals surface area contributed by atoms with Crippen molar-refractivity contribution in [2.75, 3.05) is 6.54 Å². The van der Waals surface area contributed by atoms with E-state index in [2.05, 4.69) is 6.92 Å². The molecule has 0 saturated carbocycles. The average Bonchev–Trinajstić information content (AvgIpc) is 2.97. The van der Waals surface area contributed by atoms with Crippen LogP contribution in [-0.2, 0) is 11.2 Å². The molecule has 1 aliphatic heterocycles. The lowest BCUT2D eigenvalue weighted by Crippen LogP contribution is -2.28. The van der Waals surface area contributed by atoms with Gasteiger partial charge in [-0.2, -0.15) is 0 Å². The number of carbonyl (C=O) groups excluding carboxylic acids is 1. The smallest absolute Gasteiger partial charge is 0.272 e. The molecule has 1 amide bonds. The van der Waals surface area contributed by atoms with Gasteiger partial charge in [0.25, 0.3) is 11.6 Å². The molecule has 1 heterocycles. The number of rotatable bonds is 5. The Morgan fingerprint density at radius 3 is 2.64 bits per heavy atom. The number of amides is 1. The van der Waals surface area contributed by atoms with Gasteiger partial charge >= 0.3 is 0 Å². The normalized spacial score (nSPS) is 17.0. The van der Waals surface area contributed by atoms with Crippen molar-refractivity contribution in [1.82, 2.24) is 4.90 Å². The molecule has 3 rings (SSSR count). The highest BCUT2D eigenvalue weighted by Crippen LogP contribution is 2.35. The van der Waals surface area contributed by atoms with Gasteiger partial charge in [-0.1, -0.05) is 37.3 Å². The predicted molar refractivity (Wildman–Crippen MR) is 114 cm³/mol. The van der Waals surface area contributed by atoms with Gasteiger partial charge in [0.1, 0.15) is 0 Å². The van der Waals surface area contributed by atoms with Crippen molar-refractivity contribution in [2.24, 2.45) is 4.99 Å². The van der Waals surface area contributed by atoms with Crippen LogP contribution in [0.2, 0.25) is 0 Å². The minimum atomic E-state index is -0.409. The first-order valence-electron chi connectivity index (χ1n) is 9.07. The lowest BCUT2D eigenvalue weighted by molar-refractivity contribution is -0.385. The number of para-hydroxylation sites is 1. The lowest BCUT2D eigenvalue weighted by atomic mass is 10.1. The van der Waals surface area contributed by atoms with Crippen molar-refractivity contribution < 1.29 is 9.72 Å². The van der Waals surface area contributed by atoms with Crippen LogP contribution in [-0.4, -0.2) is 27.4 Å². The summed E-state index contributed by atoms with van der Waals surface area (Å²) in [5.41, 5.74) is 3.23. The maximum absolute atomic E-state index is 12.8. The molecule has 1 aliphatic rings. The number of amidine groups is 1. The Balaban J connectivity index is 1.98. The number of hydrogen-bond donors (Lipinski definition) is 0. The summed E-state index contributed by atoms with van der Waals surface area (Å²) >= 11 is 1.30. The zero-order chi connectivity index (χ0) is 20.3. The molecule has 0 radical (unpaired) electrons. The standard InChI is InChI=1S/C21H21N3O3S/c1-4-16-8-6-7-9-17(16)22-21-23(5-2)20(25)19(28-21)13-15-11-10-14(3)18(12-15)24(26)27/h6-13H,4-5H2,1-3H3/b19-13+,22-21?. The number of thioether (sulfide) groups is 1. The number of aryl methyl sites for hydroxylation is 2. The molecule has 0 bridgehead atoms. The Kier molecular flexibility index (Phi) is 5.94. The molecule has 1 fully saturated rings. The van der Waals surface area contributed by atoms with E-state index >= 15 is 0 Å². The number of hydrogen-bond acceptors (Lipinski definition) is 5. The van der Waals surface area contributed by atoms with E-state index in [0.29, 0.717) is 27.7 Å². The van der Waals surface area contributed by atoms with E-state index in [4.69, 9.17) is 4.99 Å². The molecule has 0 aromatic heterocycles. The molecular formula is C21H21N3O3S. The number of benzene rings is 2. The third-order valence-electron chi connectivity index (χ3n) is 4.52. The minimum absolute atomic E-state index is 0.0444. The molecule has 2 aromatic carbocycles. The average molecular weight is 395 g/mol. The van der Waals surface area contributed by atoms with Gasteiger partial charge in [-0.15, -0.1) is 0 Å². The van der Waals surface area contributed by atoms with Gasteiger partial charge in [-0.25, -0.2) is 4.99 Å². The first-order valence-corrected chi connectivity index (χ1v) is 9.89. The van der Waals surface area contributed by atoms with E-state index in [1.54, 1.807) is 30.0 Å². The predicted octanol–water partition coefficient (Wildman–Crippen LogP) is 5.09. The molecule has 0 aliphatic carbocycles. The van der Waals surface area contributed by atoms with Crippen molar-refractivity contribution >= 4 is 40.3 Å². The molecule has 6 nitrogen and oxygen atoms in total. The molecule has 0 atom stereocenters. The molecule has 7 heteroatoms. The van der Waals surface area contributed by atoms with Gasteiger partial charge in [0.15, 0.2) is 5.17 Å². The zero-order valence-electron chi connectivity index (χ0n) is 16.0. The summed E-state index contributed by atoms with van der Waals surface area (Å²) in [6.07, 6.45) is 2.55. The summed E-state index contributed by atoms with van der Waals surface area (Å²) < 4.78 is 0. The zero-order valence-corrected chi connectivity index (χ0v) is 16.8. The van der Waals surface area contributed by atoms with Crippen molar-refractivity contribution in [3.05, 3.63) is 74.2 Å². The van der Waals surface area contributed by atoms with Crippen LogP contribution in [0.3, 0.4) is 0 Å². The van der Waals surface area contributed by atoms with E-state index in [1.807, 2.05) is 31.2 Å². The van der Waals surface area contributed by atoms with Gasteiger partial charge in [0, 0.05) is 18.2 Å². The molecule has 2 aromatic rings. The second kappa shape index (κ2) is 8.39. The van der Waals surface area contributed by atoms with Gasteiger partial charge < -0.3 is 0 Å². The van der Waals surface area contributed by atoms with Crippen molar-refractivity contribution in [2.45, 2.75) is 27.2 Å². The summed E-state index contributed by atoms with van der Waals surface area (Å²) in [5.74, 6) is -0.136. The Bertz CT molecular complexity index is 998. The summed E-state index contributed by atoms with van der Waals surface area (Å²) in [4.78, 5) is 30.4. The molecular weight excluding hydrogens is 374 g/mol. The Hall–Kier alpha value is -2.93. The van der Waals surface area contributed by atoms with E-state index in [-0.39, 0.29) is 11.6 Å². The second-order valence-corrected chi connectivity index (χ2v) is 7.35. The topological polar surface area (TPSA) is 75.8 Å². The molecule has 0 N–H and O–H groups in total. The fourth-order valence-electron chi connectivity index (χ4n) is 2.96. The quantitative estimate of drug-likeness (QED) is 0.401. The summed E-state index contributed by atoms with van der Waals surface area (Å²) in [5, 5.41) is 11.8. The fourth-order valence-corrected chi connectivity index (χ4v) is 4.01. The van der Waals surface area contributed by atoms with E-state index < -0.39 is 4.92 Å². The summed E-state index contributed by atoms with van der Waals surface area (Å²) in [6, 6.07) is 12.8. The highest BCUT2D eigenvalue weighted by Gasteiger charge is 2.32. The van der Waals surface area contributed by atoms with E-state index in [9.17, 15) is 14.9 Å². The van der Waals surface area contributed by atoms with Crippen LogP contribution in [0.1, 0.15) is 30.5 Å². The Morgan fingerprint density at radius 1 is 1.21 bits per heavy atom. The van der Waals surface area contributed by atoms with Gasteiger partial charge in [0.05, 0.1) is 15.5 Å². The number of nitrogens with zero attached hydrogens (tertiary/aromatic N) is 3. The molecule has 1 saturated heterocycles. The Labute approximate surface area is 168 Å². The Morgan fingerprint density at radius 2 is 1.96 bits per heavy atom. The molecule has 144 valence electrons. The number of carbonyl (C=O) groups is 1. The number of nitro groups is 1. The van der Waals surface area contributed by atoms with Crippen molar-refractivity contribution in [1.29, 1.82) is 0 Å². The third kappa shape index (κ3) is 3.99. The number of aliphatic imine (C=N–C) groups is 1. The maximum atomic E-state index is 12.8. The van der Waals surface area contributed by atoms with Crippen molar-refractivity contribution in [3.63, 3.8) is 0 Å². The summed E-state index contributed by atoms with van der Waals surface area (Å²) in [6.45, 7) is 6.17.